The number of amides is 1. The van der Waals surface area contributed by atoms with Crippen LogP contribution >= 0.6 is 0 Å². The van der Waals surface area contributed by atoms with Crippen molar-refractivity contribution in [2.45, 2.75) is 13.1 Å². The smallest absolute Gasteiger partial charge is 0.373 e. The lowest BCUT2D eigenvalue weighted by Crippen LogP contribution is -2.37. The van der Waals surface area contributed by atoms with Crippen LogP contribution in [-0.2, 0) is 11.8 Å². The van der Waals surface area contributed by atoms with Crippen LogP contribution in [0, 0.1) is 6.92 Å². The van der Waals surface area contributed by atoms with Crippen molar-refractivity contribution in [1.29, 1.82) is 0 Å². The number of halogens is 3. The second-order valence-corrected chi connectivity index (χ2v) is 3.55. The Bertz CT molecular complexity index is 399. The summed E-state index contributed by atoms with van der Waals surface area (Å²) in [5.41, 5.74) is 1.30. The third kappa shape index (κ3) is 4.75. The van der Waals surface area contributed by atoms with Crippen molar-refractivity contribution in [3.05, 3.63) is 11.9 Å². The lowest BCUT2D eigenvalue weighted by molar-refractivity contribution is -0.137. The Hall–Kier alpha value is -1.73. The number of carbonyl (C=O) groups is 1. The molecule has 0 aliphatic heterocycles. The highest BCUT2D eigenvalue weighted by atomic mass is 19.4. The molecule has 0 aliphatic rings. The second kappa shape index (κ2) is 5.07. The highest BCUT2D eigenvalue weighted by Gasteiger charge is 2.27. The van der Waals surface area contributed by atoms with E-state index in [2.05, 4.69) is 10.4 Å². The summed E-state index contributed by atoms with van der Waals surface area (Å²) in [7, 11) is 1.71. The number of hydrogen-bond donors (Lipinski definition) is 2. The van der Waals surface area contributed by atoms with E-state index in [0.717, 1.165) is 0 Å². The molecular weight excluding hydrogens is 237 g/mol. The molecule has 1 heterocycles. The zero-order valence-electron chi connectivity index (χ0n) is 9.43. The molecule has 1 amide bonds. The van der Waals surface area contributed by atoms with Crippen molar-refractivity contribution in [2.75, 3.05) is 18.4 Å². The molecule has 96 valence electrons. The number of nitrogens with zero attached hydrogens (tertiary/aromatic N) is 2. The van der Waals surface area contributed by atoms with Gasteiger partial charge in [0.15, 0.2) is 0 Å². The maximum atomic E-state index is 11.8. The maximum Gasteiger partial charge on any atom is 0.405 e. The molecule has 5 nitrogen and oxygen atoms in total. The molecule has 2 N–H and O–H groups in total. The van der Waals surface area contributed by atoms with Crippen molar-refractivity contribution in [3.8, 4) is 0 Å². The fourth-order valence-corrected chi connectivity index (χ4v) is 1.21. The van der Waals surface area contributed by atoms with E-state index in [4.69, 9.17) is 0 Å². The molecule has 8 heteroatoms. The van der Waals surface area contributed by atoms with Gasteiger partial charge < -0.3 is 10.6 Å². The van der Waals surface area contributed by atoms with Crippen LogP contribution in [0.25, 0.3) is 0 Å². The summed E-state index contributed by atoms with van der Waals surface area (Å²) >= 11 is 0. The van der Waals surface area contributed by atoms with Crippen LogP contribution < -0.4 is 10.6 Å². The number of carbonyl (C=O) groups excluding carboxylic acids is 1. The van der Waals surface area contributed by atoms with Crippen molar-refractivity contribution in [3.63, 3.8) is 0 Å². The van der Waals surface area contributed by atoms with Crippen molar-refractivity contribution in [1.82, 2.24) is 15.1 Å². The van der Waals surface area contributed by atoms with E-state index >= 15 is 0 Å². The minimum Gasteiger partial charge on any atom is -0.373 e. The number of rotatable bonds is 4. The lowest BCUT2D eigenvalue weighted by Gasteiger charge is -2.09. The van der Waals surface area contributed by atoms with Crippen LogP contribution in [0.5, 0.6) is 0 Å². The van der Waals surface area contributed by atoms with E-state index in [1.807, 2.05) is 0 Å². The summed E-state index contributed by atoms with van der Waals surface area (Å²) in [5, 5.41) is 8.49. The minimum atomic E-state index is -4.39. The third-order valence-corrected chi connectivity index (χ3v) is 1.94. The summed E-state index contributed by atoms with van der Waals surface area (Å²) < 4.78 is 36.9. The minimum absolute atomic E-state index is 0.220. The number of aryl methyl sites for hydroxylation is 2. The molecule has 1 aromatic rings. The predicted molar refractivity (Wildman–Crippen MR) is 55.5 cm³/mol. The van der Waals surface area contributed by atoms with Crippen LogP contribution in [0.4, 0.5) is 18.9 Å². The highest BCUT2D eigenvalue weighted by Crippen LogP contribution is 2.12. The molecule has 0 atom stereocenters. The molecule has 0 aromatic carbocycles. The summed E-state index contributed by atoms with van der Waals surface area (Å²) in [6.07, 6.45) is -2.74. The van der Waals surface area contributed by atoms with Gasteiger partial charge in [-0.3, -0.25) is 9.48 Å². The zero-order valence-corrected chi connectivity index (χ0v) is 9.43. The molecule has 17 heavy (non-hydrogen) atoms. The molecule has 0 aliphatic carbocycles. The summed E-state index contributed by atoms with van der Waals surface area (Å²) in [4.78, 5) is 11.1. The number of hydrogen-bond acceptors (Lipinski definition) is 3. The average Bonchev–Trinajstić information content (AvgIpc) is 2.50. The zero-order chi connectivity index (χ0) is 13.1. The summed E-state index contributed by atoms with van der Waals surface area (Å²) in [6, 6.07) is 0. The van der Waals surface area contributed by atoms with Crippen LogP contribution in [0.2, 0.25) is 0 Å². The molecule has 0 spiro atoms. The molecule has 0 radical (unpaired) electrons. The first-order valence-corrected chi connectivity index (χ1v) is 4.85. The summed E-state index contributed by atoms with van der Waals surface area (Å²) in [6.45, 7) is 0.193. The fraction of sp³-hybridized carbons (Fsp3) is 0.556. The van der Waals surface area contributed by atoms with E-state index in [1.54, 1.807) is 30.2 Å². The quantitative estimate of drug-likeness (QED) is 0.831. The van der Waals surface area contributed by atoms with Gasteiger partial charge in [-0.1, -0.05) is 0 Å². The molecule has 1 aromatic heterocycles. The number of nitrogens with one attached hydrogen (secondary N) is 2. The van der Waals surface area contributed by atoms with Crippen LogP contribution in [0.1, 0.15) is 5.69 Å². The Morgan fingerprint density at radius 3 is 2.65 bits per heavy atom. The fourth-order valence-electron chi connectivity index (χ4n) is 1.21. The van der Waals surface area contributed by atoms with Gasteiger partial charge in [-0.25, -0.2) is 0 Å². The predicted octanol–water partition coefficient (Wildman–Crippen LogP) is 0.819. The Morgan fingerprint density at radius 2 is 2.18 bits per heavy atom. The Labute approximate surface area is 96.0 Å². The molecule has 1 rings (SSSR count). The van der Waals surface area contributed by atoms with E-state index in [9.17, 15) is 18.0 Å². The van der Waals surface area contributed by atoms with E-state index in [0.29, 0.717) is 11.4 Å². The van der Waals surface area contributed by atoms with Gasteiger partial charge in [-0.05, 0) is 6.92 Å². The Balaban J connectivity index is 2.36. The van der Waals surface area contributed by atoms with Crippen LogP contribution in [-0.4, -0.2) is 35.0 Å². The molecule has 0 unspecified atom stereocenters. The SMILES string of the molecule is Cc1nn(C)cc1NCC(=O)NCC(F)(F)F. The first-order chi connectivity index (χ1) is 7.78. The van der Waals surface area contributed by atoms with Gasteiger partial charge in [0.05, 0.1) is 17.9 Å². The third-order valence-electron chi connectivity index (χ3n) is 1.94. The van der Waals surface area contributed by atoms with E-state index in [1.165, 1.54) is 0 Å². The molecule has 0 fully saturated rings. The Kier molecular flexibility index (Phi) is 3.97. The monoisotopic (exact) mass is 250 g/mol. The number of alkyl halides is 3. The Morgan fingerprint density at radius 1 is 1.53 bits per heavy atom. The molecule has 0 saturated heterocycles. The average molecular weight is 250 g/mol. The number of aromatic nitrogens is 2. The van der Waals surface area contributed by atoms with Crippen LogP contribution in [0.15, 0.2) is 6.20 Å². The highest BCUT2D eigenvalue weighted by molar-refractivity contribution is 5.80. The standard InChI is InChI=1S/C9H13F3N4O/c1-6-7(4-16(2)15-6)13-3-8(17)14-5-9(10,11)12/h4,13H,3,5H2,1-2H3,(H,14,17). The molecule has 0 bridgehead atoms. The second-order valence-electron chi connectivity index (χ2n) is 3.55. The topological polar surface area (TPSA) is 59.0 Å². The normalized spacial score (nSPS) is 11.4. The molecule has 0 saturated carbocycles. The van der Waals surface area contributed by atoms with Gasteiger partial charge in [0, 0.05) is 13.2 Å². The van der Waals surface area contributed by atoms with E-state index in [-0.39, 0.29) is 6.54 Å². The van der Waals surface area contributed by atoms with Gasteiger partial charge >= 0.3 is 6.18 Å². The van der Waals surface area contributed by atoms with Gasteiger partial charge in [0.1, 0.15) is 6.54 Å². The maximum absolute atomic E-state index is 11.8. The first kappa shape index (κ1) is 13.3. The largest absolute Gasteiger partial charge is 0.405 e. The van der Waals surface area contributed by atoms with E-state index < -0.39 is 18.6 Å². The molecular formula is C9H13F3N4O. The first-order valence-electron chi connectivity index (χ1n) is 4.85. The summed E-state index contributed by atoms with van der Waals surface area (Å²) in [5.74, 6) is -0.717. The van der Waals surface area contributed by atoms with Crippen molar-refractivity contribution >= 4 is 11.6 Å². The van der Waals surface area contributed by atoms with Gasteiger partial charge in [-0.15, -0.1) is 0 Å². The van der Waals surface area contributed by atoms with Gasteiger partial charge in [0.2, 0.25) is 5.91 Å². The van der Waals surface area contributed by atoms with Gasteiger partial charge in [-0.2, -0.15) is 18.3 Å². The van der Waals surface area contributed by atoms with Crippen molar-refractivity contribution in [2.24, 2.45) is 7.05 Å². The van der Waals surface area contributed by atoms with Crippen LogP contribution in [0.3, 0.4) is 0 Å². The van der Waals surface area contributed by atoms with Gasteiger partial charge in [0.25, 0.3) is 0 Å². The number of anilines is 1. The van der Waals surface area contributed by atoms with Crippen molar-refractivity contribution < 1.29 is 18.0 Å². The lowest BCUT2D eigenvalue weighted by atomic mass is 10.4.